The molecule has 1 fully saturated rings. The second-order valence-corrected chi connectivity index (χ2v) is 4.36. The predicted molar refractivity (Wildman–Crippen MR) is 54.1 cm³/mol. The van der Waals surface area contributed by atoms with Gasteiger partial charge in [-0.1, -0.05) is 6.08 Å². The molecule has 0 saturated carbocycles. The normalized spacial score (nSPS) is 32.9. The van der Waals surface area contributed by atoms with Crippen molar-refractivity contribution >= 4 is 6.09 Å². The fourth-order valence-corrected chi connectivity index (χ4v) is 2.23. The molecule has 3 nitrogen and oxygen atoms in total. The molecule has 0 bridgehead atoms. The van der Waals surface area contributed by atoms with E-state index in [0.29, 0.717) is 6.61 Å². The average Bonchev–Trinajstić information content (AvgIpc) is 2.49. The van der Waals surface area contributed by atoms with Crippen molar-refractivity contribution in [2.45, 2.75) is 38.1 Å². The molecule has 2 aliphatic rings. The van der Waals surface area contributed by atoms with Gasteiger partial charge < -0.3 is 4.74 Å². The van der Waals surface area contributed by atoms with Crippen molar-refractivity contribution in [2.24, 2.45) is 0 Å². The van der Waals surface area contributed by atoms with Gasteiger partial charge in [0.25, 0.3) is 0 Å². The number of cyclic esters (lactones) is 1. The van der Waals surface area contributed by atoms with Crippen molar-refractivity contribution in [2.75, 3.05) is 13.7 Å². The summed E-state index contributed by atoms with van der Waals surface area (Å²) in [7, 11) is 1.82. The van der Waals surface area contributed by atoms with Crippen molar-refractivity contribution in [3.05, 3.63) is 11.6 Å². The summed E-state index contributed by atoms with van der Waals surface area (Å²) >= 11 is 0. The zero-order valence-electron chi connectivity index (χ0n) is 8.88. The number of carbonyl (C=O) groups is 1. The maximum atomic E-state index is 11.3. The molecule has 1 aliphatic carbocycles. The number of hydrogen-bond acceptors (Lipinski definition) is 2. The molecule has 0 aromatic heterocycles. The first-order valence-corrected chi connectivity index (χ1v) is 5.25. The van der Waals surface area contributed by atoms with E-state index in [2.05, 4.69) is 13.0 Å². The van der Waals surface area contributed by atoms with Crippen LogP contribution in [0.4, 0.5) is 4.79 Å². The highest BCUT2D eigenvalue weighted by molar-refractivity contribution is 5.71. The van der Waals surface area contributed by atoms with E-state index in [1.807, 2.05) is 7.05 Å². The molecule has 1 unspecified atom stereocenters. The molecule has 0 radical (unpaired) electrons. The molecule has 1 amide bonds. The van der Waals surface area contributed by atoms with Gasteiger partial charge in [0, 0.05) is 7.05 Å². The molecule has 1 aliphatic heterocycles. The Morgan fingerprint density at radius 2 is 2.29 bits per heavy atom. The highest BCUT2D eigenvalue weighted by atomic mass is 16.6. The number of rotatable bonds is 1. The lowest BCUT2D eigenvalue weighted by Gasteiger charge is -2.33. The topological polar surface area (TPSA) is 29.5 Å². The van der Waals surface area contributed by atoms with Gasteiger partial charge in [-0.3, -0.25) is 4.90 Å². The summed E-state index contributed by atoms with van der Waals surface area (Å²) in [5.74, 6) is 0. The quantitative estimate of drug-likeness (QED) is 0.601. The van der Waals surface area contributed by atoms with E-state index in [1.165, 1.54) is 18.4 Å². The number of allylic oxidation sites excluding steroid dienone is 1. The average molecular weight is 195 g/mol. The molecule has 0 aromatic carbocycles. The minimum Gasteiger partial charge on any atom is -0.447 e. The SMILES string of the molecule is CN1C(=O)OCC1(C)C1=CCCCC1. The van der Waals surface area contributed by atoms with Gasteiger partial charge in [0.2, 0.25) is 0 Å². The molecule has 0 N–H and O–H groups in total. The van der Waals surface area contributed by atoms with Crippen LogP contribution < -0.4 is 0 Å². The molecule has 14 heavy (non-hydrogen) atoms. The van der Waals surface area contributed by atoms with Crippen molar-refractivity contribution < 1.29 is 9.53 Å². The van der Waals surface area contributed by atoms with Crippen LogP contribution in [0.1, 0.15) is 32.6 Å². The van der Waals surface area contributed by atoms with Gasteiger partial charge in [0.15, 0.2) is 0 Å². The predicted octanol–water partition coefficient (Wildman–Crippen LogP) is 2.33. The van der Waals surface area contributed by atoms with E-state index in [-0.39, 0.29) is 11.6 Å². The lowest BCUT2D eigenvalue weighted by molar-refractivity contribution is 0.163. The fourth-order valence-electron chi connectivity index (χ4n) is 2.23. The van der Waals surface area contributed by atoms with Crippen LogP contribution in [0.3, 0.4) is 0 Å². The Bertz CT molecular complexity index is 285. The minimum absolute atomic E-state index is 0.183. The van der Waals surface area contributed by atoms with E-state index in [9.17, 15) is 4.79 Å². The fraction of sp³-hybridized carbons (Fsp3) is 0.727. The van der Waals surface area contributed by atoms with Crippen LogP contribution in [0, 0.1) is 0 Å². The first-order chi connectivity index (χ1) is 6.64. The Morgan fingerprint density at radius 1 is 1.50 bits per heavy atom. The Morgan fingerprint density at radius 3 is 2.79 bits per heavy atom. The maximum absolute atomic E-state index is 11.3. The number of nitrogens with zero attached hydrogens (tertiary/aromatic N) is 1. The molecular formula is C11H17NO2. The van der Waals surface area contributed by atoms with Crippen LogP contribution in [0.15, 0.2) is 11.6 Å². The molecule has 1 atom stereocenters. The van der Waals surface area contributed by atoms with Crippen LogP contribution in [-0.4, -0.2) is 30.2 Å². The van der Waals surface area contributed by atoms with E-state index in [1.54, 1.807) is 4.90 Å². The van der Waals surface area contributed by atoms with Gasteiger partial charge in [0.1, 0.15) is 6.61 Å². The number of amides is 1. The lowest BCUT2D eigenvalue weighted by atomic mass is 9.84. The van der Waals surface area contributed by atoms with E-state index >= 15 is 0 Å². The van der Waals surface area contributed by atoms with Gasteiger partial charge in [-0.05, 0) is 38.2 Å². The number of carbonyl (C=O) groups excluding carboxylic acids is 1. The molecule has 1 heterocycles. The van der Waals surface area contributed by atoms with Gasteiger partial charge >= 0.3 is 6.09 Å². The summed E-state index contributed by atoms with van der Waals surface area (Å²) < 4.78 is 5.08. The second-order valence-electron chi connectivity index (χ2n) is 4.36. The lowest BCUT2D eigenvalue weighted by Crippen LogP contribution is -2.44. The van der Waals surface area contributed by atoms with Crippen LogP contribution in [-0.2, 0) is 4.74 Å². The summed E-state index contributed by atoms with van der Waals surface area (Å²) in [4.78, 5) is 13.0. The van der Waals surface area contributed by atoms with Crippen LogP contribution in [0.5, 0.6) is 0 Å². The van der Waals surface area contributed by atoms with E-state index in [4.69, 9.17) is 4.74 Å². The summed E-state index contributed by atoms with van der Waals surface area (Å²) in [5, 5.41) is 0. The van der Waals surface area contributed by atoms with Crippen molar-refractivity contribution in [3.8, 4) is 0 Å². The monoisotopic (exact) mass is 195 g/mol. The standard InChI is InChI=1S/C11H17NO2/c1-11(8-14-10(13)12(11)2)9-6-4-3-5-7-9/h6H,3-5,7-8H2,1-2H3. The summed E-state index contributed by atoms with van der Waals surface area (Å²) in [5.41, 5.74) is 1.19. The van der Waals surface area contributed by atoms with Crippen LogP contribution in [0.2, 0.25) is 0 Å². The van der Waals surface area contributed by atoms with Gasteiger partial charge in [-0.15, -0.1) is 0 Å². The van der Waals surface area contributed by atoms with E-state index < -0.39 is 0 Å². The number of ether oxygens (including phenoxy) is 1. The minimum atomic E-state index is -0.195. The summed E-state index contributed by atoms with van der Waals surface area (Å²) in [6.07, 6.45) is 6.85. The highest BCUT2D eigenvalue weighted by Gasteiger charge is 2.43. The van der Waals surface area contributed by atoms with Gasteiger partial charge in [-0.25, -0.2) is 4.79 Å². The van der Waals surface area contributed by atoms with Gasteiger partial charge in [0.05, 0.1) is 5.54 Å². The van der Waals surface area contributed by atoms with Crippen LogP contribution in [0.25, 0.3) is 0 Å². The first-order valence-electron chi connectivity index (χ1n) is 5.25. The van der Waals surface area contributed by atoms with Crippen molar-refractivity contribution in [1.29, 1.82) is 0 Å². The third kappa shape index (κ3) is 1.31. The number of likely N-dealkylation sites (N-methyl/N-ethyl adjacent to an activating group) is 1. The molecule has 2 rings (SSSR count). The Labute approximate surface area is 84.7 Å². The zero-order chi connectivity index (χ0) is 10.2. The van der Waals surface area contributed by atoms with Crippen LogP contribution >= 0.6 is 0 Å². The van der Waals surface area contributed by atoms with Gasteiger partial charge in [-0.2, -0.15) is 0 Å². The first kappa shape index (κ1) is 9.56. The smallest absolute Gasteiger partial charge is 0.410 e. The highest BCUT2D eigenvalue weighted by Crippen LogP contribution is 2.35. The molecule has 78 valence electrons. The zero-order valence-corrected chi connectivity index (χ0v) is 8.88. The van der Waals surface area contributed by atoms with Crippen molar-refractivity contribution in [1.82, 2.24) is 4.90 Å². The Hall–Kier alpha value is -0.990. The summed E-state index contributed by atoms with van der Waals surface area (Å²) in [6, 6.07) is 0. The molecular weight excluding hydrogens is 178 g/mol. The number of hydrogen-bond donors (Lipinski definition) is 0. The third-order valence-corrected chi connectivity index (χ3v) is 3.47. The third-order valence-electron chi connectivity index (χ3n) is 3.47. The molecule has 3 heteroatoms. The molecule has 0 aromatic rings. The van der Waals surface area contributed by atoms with Crippen molar-refractivity contribution in [3.63, 3.8) is 0 Å². The molecule has 1 saturated heterocycles. The van der Waals surface area contributed by atoms with E-state index in [0.717, 1.165) is 12.8 Å². The maximum Gasteiger partial charge on any atom is 0.410 e. The Kier molecular flexibility index (Phi) is 2.25. The summed E-state index contributed by atoms with van der Waals surface area (Å²) in [6.45, 7) is 2.60. The largest absolute Gasteiger partial charge is 0.447 e. The Balaban J connectivity index is 2.23. The second kappa shape index (κ2) is 3.30. The molecule has 0 spiro atoms.